The van der Waals surface area contributed by atoms with E-state index >= 15 is 0 Å². The summed E-state index contributed by atoms with van der Waals surface area (Å²) >= 11 is 6.01. The zero-order valence-corrected chi connectivity index (χ0v) is 22.5. The Morgan fingerprint density at radius 3 is 2.16 bits per heavy atom. The minimum atomic E-state index is -3.44. The number of benzene rings is 1. The van der Waals surface area contributed by atoms with Crippen LogP contribution in [0, 0.1) is 0 Å². The van der Waals surface area contributed by atoms with Crippen molar-refractivity contribution in [2.75, 3.05) is 24.7 Å². The Kier molecular flexibility index (Phi) is 9.41. The lowest BCUT2D eigenvalue weighted by atomic mass is 10.2. The maximum absolute atomic E-state index is 13.3. The average molecular weight is 486 g/mol. The Labute approximate surface area is 196 Å². The monoisotopic (exact) mass is 485 g/mol. The molecule has 31 heavy (non-hydrogen) atoms. The van der Waals surface area contributed by atoms with Crippen LogP contribution < -0.4 is 0 Å². The van der Waals surface area contributed by atoms with E-state index in [2.05, 4.69) is 53.0 Å². The third-order valence-corrected chi connectivity index (χ3v) is 15.0. The molecule has 0 saturated carbocycles. The van der Waals surface area contributed by atoms with Gasteiger partial charge in [-0.25, -0.2) is 8.42 Å². The lowest BCUT2D eigenvalue weighted by Crippen LogP contribution is -2.53. The highest BCUT2D eigenvalue weighted by atomic mass is 35.5. The van der Waals surface area contributed by atoms with Gasteiger partial charge in [-0.3, -0.25) is 4.90 Å². The van der Waals surface area contributed by atoms with Gasteiger partial charge in [-0.15, -0.1) is 11.6 Å². The number of nitrogens with zero attached hydrogens (tertiary/aromatic N) is 1. The number of hydrogen-bond donors (Lipinski definition) is 0. The van der Waals surface area contributed by atoms with Crippen molar-refractivity contribution in [3.8, 4) is 0 Å². The molecule has 1 heterocycles. The van der Waals surface area contributed by atoms with Crippen LogP contribution in [0.2, 0.25) is 16.6 Å². The molecule has 0 aromatic heterocycles. The van der Waals surface area contributed by atoms with Crippen molar-refractivity contribution in [1.29, 1.82) is 0 Å². The van der Waals surface area contributed by atoms with E-state index in [1.807, 2.05) is 6.07 Å². The van der Waals surface area contributed by atoms with Crippen molar-refractivity contribution in [2.24, 2.45) is 0 Å². The summed E-state index contributed by atoms with van der Waals surface area (Å²) in [6, 6.07) is 8.54. The van der Waals surface area contributed by atoms with Crippen LogP contribution in [-0.2, 0) is 14.3 Å². The molecule has 0 N–H and O–H groups in total. The Morgan fingerprint density at radius 1 is 1.13 bits per heavy atom. The van der Waals surface area contributed by atoms with E-state index in [-0.39, 0.29) is 17.9 Å². The number of alkyl halides is 1. The van der Waals surface area contributed by atoms with Crippen LogP contribution >= 0.6 is 11.6 Å². The number of rotatable bonds is 11. The first kappa shape index (κ1) is 26.6. The predicted molar refractivity (Wildman–Crippen MR) is 134 cm³/mol. The quantitative estimate of drug-likeness (QED) is 0.222. The normalized spacial score (nSPS) is 20.8. The van der Waals surface area contributed by atoms with Gasteiger partial charge in [0, 0.05) is 25.0 Å². The van der Waals surface area contributed by atoms with Crippen molar-refractivity contribution in [3.05, 3.63) is 42.5 Å². The molecule has 7 heteroatoms. The molecule has 4 nitrogen and oxygen atoms in total. The standard InChI is InChI=1S/C24H40ClNO3SSi/c1-18(2)31(19(3)4,20(5)6)29-24-13-14-26(16-21(7)15-25)23(24)17-30(27,28)22-11-9-8-10-12-22/h8-12,18-20,23-24H,7,13-17H2,1-6H3/t23-,24-/m0/s1. The van der Waals surface area contributed by atoms with E-state index in [0.29, 0.717) is 33.9 Å². The molecule has 0 bridgehead atoms. The number of halogens is 1. The summed E-state index contributed by atoms with van der Waals surface area (Å²) < 4.78 is 33.7. The van der Waals surface area contributed by atoms with Gasteiger partial charge in [0.05, 0.1) is 16.8 Å². The highest BCUT2D eigenvalue weighted by Gasteiger charge is 2.50. The molecular weight excluding hydrogens is 446 g/mol. The number of likely N-dealkylation sites (tertiary alicyclic amines) is 1. The molecule has 1 aliphatic rings. The van der Waals surface area contributed by atoms with Crippen molar-refractivity contribution in [3.63, 3.8) is 0 Å². The fourth-order valence-electron chi connectivity index (χ4n) is 5.38. The minimum absolute atomic E-state index is 0.0516. The lowest BCUT2D eigenvalue weighted by molar-refractivity contribution is 0.133. The summed E-state index contributed by atoms with van der Waals surface area (Å²) in [6.45, 7) is 19.1. The third-order valence-electron chi connectivity index (χ3n) is 6.77. The topological polar surface area (TPSA) is 46.6 Å². The highest BCUT2D eigenvalue weighted by Crippen LogP contribution is 2.44. The third kappa shape index (κ3) is 6.02. The minimum Gasteiger partial charge on any atom is -0.411 e. The summed E-state index contributed by atoms with van der Waals surface area (Å²) in [5, 5.41) is 0. The summed E-state index contributed by atoms with van der Waals surface area (Å²) in [5.74, 6) is 0.429. The highest BCUT2D eigenvalue weighted by molar-refractivity contribution is 7.91. The summed E-state index contributed by atoms with van der Waals surface area (Å²) in [6.07, 6.45) is 0.742. The van der Waals surface area contributed by atoms with Gasteiger partial charge in [-0.05, 0) is 40.8 Å². The molecule has 0 aliphatic carbocycles. The first-order chi connectivity index (χ1) is 14.5. The Bertz CT molecular complexity index is 805. The van der Waals surface area contributed by atoms with E-state index in [9.17, 15) is 8.42 Å². The van der Waals surface area contributed by atoms with Crippen molar-refractivity contribution in [1.82, 2.24) is 4.90 Å². The van der Waals surface area contributed by atoms with Gasteiger partial charge >= 0.3 is 0 Å². The molecule has 2 atom stereocenters. The van der Waals surface area contributed by atoms with E-state index in [1.54, 1.807) is 24.3 Å². The van der Waals surface area contributed by atoms with Crippen LogP contribution in [0.3, 0.4) is 0 Å². The van der Waals surface area contributed by atoms with Crippen molar-refractivity contribution in [2.45, 2.75) is 81.6 Å². The van der Waals surface area contributed by atoms with Crippen molar-refractivity contribution < 1.29 is 12.8 Å². The van der Waals surface area contributed by atoms with Gasteiger partial charge in [-0.1, -0.05) is 66.3 Å². The van der Waals surface area contributed by atoms with Gasteiger partial charge in [0.25, 0.3) is 0 Å². The molecule has 1 fully saturated rings. The van der Waals surface area contributed by atoms with E-state index in [0.717, 1.165) is 18.5 Å². The Morgan fingerprint density at radius 2 is 1.68 bits per heavy atom. The van der Waals surface area contributed by atoms with Crippen LogP contribution in [0.15, 0.2) is 47.4 Å². The number of hydrogen-bond acceptors (Lipinski definition) is 4. The molecule has 1 aliphatic heterocycles. The van der Waals surface area contributed by atoms with E-state index < -0.39 is 18.2 Å². The first-order valence-electron chi connectivity index (χ1n) is 11.4. The second-order valence-corrected chi connectivity index (χ2v) is 17.5. The molecular formula is C24H40ClNO3SSi. The largest absolute Gasteiger partial charge is 0.411 e. The van der Waals surface area contributed by atoms with Gasteiger partial charge in [0.15, 0.2) is 9.84 Å². The molecule has 0 amide bonds. The molecule has 0 radical (unpaired) electrons. The van der Waals surface area contributed by atoms with E-state index in [1.165, 1.54) is 0 Å². The maximum Gasteiger partial charge on any atom is 0.200 e. The second-order valence-electron chi connectivity index (χ2n) is 9.78. The number of sulfone groups is 1. The summed E-state index contributed by atoms with van der Waals surface area (Å²) in [7, 11) is -5.57. The van der Waals surface area contributed by atoms with Crippen molar-refractivity contribution >= 4 is 29.8 Å². The second kappa shape index (κ2) is 11.0. The molecule has 0 unspecified atom stereocenters. The van der Waals surface area contributed by atoms with Crippen LogP contribution in [0.5, 0.6) is 0 Å². The molecule has 0 spiro atoms. The Hall–Kier alpha value is -0.663. The molecule has 176 valence electrons. The summed E-state index contributed by atoms with van der Waals surface area (Å²) in [5.41, 5.74) is 2.26. The average Bonchev–Trinajstić information content (AvgIpc) is 3.06. The first-order valence-corrected chi connectivity index (χ1v) is 15.7. The predicted octanol–water partition coefficient (Wildman–Crippen LogP) is 5.89. The molecule has 1 aromatic carbocycles. The Balaban J connectivity index is 2.39. The fraction of sp³-hybridized carbons (Fsp3) is 0.667. The SMILES string of the molecule is C=C(CCl)CN1CC[C@H](O[Si](C(C)C)(C(C)C)C(C)C)[C@@H]1CS(=O)(=O)c1ccccc1. The maximum atomic E-state index is 13.3. The van der Waals surface area contributed by atoms with Gasteiger partial charge in [0.1, 0.15) is 0 Å². The molecule has 2 rings (SSSR count). The lowest BCUT2D eigenvalue weighted by Gasteiger charge is -2.45. The summed E-state index contributed by atoms with van der Waals surface area (Å²) in [4.78, 5) is 2.59. The fourth-order valence-corrected chi connectivity index (χ4v) is 12.7. The van der Waals surface area contributed by atoms with Gasteiger partial charge in [0.2, 0.25) is 8.32 Å². The van der Waals surface area contributed by atoms with Crippen LogP contribution in [0.1, 0.15) is 48.0 Å². The van der Waals surface area contributed by atoms with Crippen LogP contribution in [0.25, 0.3) is 0 Å². The van der Waals surface area contributed by atoms with E-state index in [4.69, 9.17) is 16.0 Å². The van der Waals surface area contributed by atoms with Gasteiger partial charge in [-0.2, -0.15) is 0 Å². The van der Waals surface area contributed by atoms with Crippen LogP contribution in [-0.4, -0.2) is 58.5 Å². The smallest absolute Gasteiger partial charge is 0.200 e. The zero-order valence-electron chi connectivity index (χ0n) is 20.0. The zero-order chi connectivity index (χ0) is 23.4. The van der Waals surface area contributed by atoms with Gasteiger partial charge < -0.3 is 4.43 Å². The van der Waals surface area contributed by atoms with Crippen LogP contribution in [0.4, 0.5) is 0 Å². The molecule has 1 saturated heterocycles. The molecule has 1 aromatic rings.